The number of carbonyl (C=O) groups is 6. The maximum Gasteiger partial charge on any atom is 0.303 e. The van der Waals surface area contributed by atoms with E-state index in [1.807, 2.05) is 0 Å². The fraction of sp³-hybridized carbons (Fsp3) is 0.357. The average molecular weight is 603 g/mol. The van der Waals surface area contributed by atoms with Crippen LogP contribution in [0, 0.1) is 0 Å². The normalized spacial score (nSPS) is 22.5. The molecule has 0 radical (unpaired) electrons. The van der Waals surface area contributed by atoms with Crippen molar-refractivity contribution >= 4 is 35.4 Å². The van der Waals surface area contributed by atoms with Crippen molar-refractivity contribution in [1.29, 1.82) is 0 Å². The van der Waals surface area contributed by atoms with Gasteiger partial charge in [-0.05, 0) is 24.3 Å². The number of carbonyl (C=O) groups excluding carboxylic acids is 6. The van der Waals surface area contributed by atoms with Crippen LogP contribution in [0.25, 0.3) is 0 Å². The Labute approximate surface area is 242 Å². The van der Waals surface area contributed by atoms with E-state index in [1.165, 1.54) is 0 Å². The van der Waals surface area contributed by atoms with Crippen LogP contribution in [-0.4, -0.2) is 88.1 Å². The first-order valence-electron chi connectivity index (χ1n) is 12.7. The molecule has 0 amide bonds. The van der Waals surface area contributed by atoms with Crippen molar-refractivity contribution in [2.45, 2.75) is 58.4 Å². The van der Waals surface area contributed by atoms with Gasteiger partial charge in [0.2, 0.25) is 18.2 Å². The SMILES string of the molecule is CC(=O)OC[C@H]1O[C@@H](Oc2ccc3c(c2O)C(=O)c2c(O)ccc(O)c2C3=O)[C@H](OC(C)=O)[C@@H](OC(C)=O)[C@@H]1OC(C)=O. The van der Waals surface area contributed by atoms with Gasteiger partial charge < -0.3 is 43.7 Å². The lowest BCUT2D eigenvalue weighted by Gasteiger charge is -2.44. The first-order chi connectivity index (χ1) is 20.2. The van der Waals surface area contributed by atoms with Crippen LogP contribution in [0.3, 0.4) is 0 Å². The van der Waals surface area contributed by atoms with E-state index in [-0.39, 0.29) is 5.56 Å². The van der Waals surface area contributed by atoms with Crippen molar-refractivity contribution in [3.05, 3.63) is 46.5 Å². The quantitative estimate of drug-likeness (QED) is 0.195. The second-order valence-corrected chi connectivity index (χ2v) is 9.53. The molecule has 4 rings (SSSR count). The minimum Gasteiger partial charge on any atom is -0.507 e. The summed E-state index contributed by atoms with van der Waals surface area (Å²) in [6, 6.07) is 4.23. The lowest BCUT2D eigenvalue weighted by atomic mass is 9.82. The topological polar surface area (TPSA) is 218 Å². The Morgan fingerprint density at radius 2 is 1.23 bits per heavy atom. The Hall–Kier alpha value is -5.18. The fourth-order valence-electron chi connectivity index (χ4n) is 4.79. The van der Waals surface area contributed by atoms with Crippen LogP contribution in [-0.2, 0) is 42.9 Å². The molecular formula is C28H26O15. The third-order valence-electron chi connectivity index (χ3n) is 6.42. The van der Waals surface area contributed by atoms with Crippen LogP contribution in [0.15, 0.2) is 24.3 Å². The van der Waals surface area contributed by atoms with Gasteiger partial charge >= 0.3 is 23.9 Å². The van der Waals surface area contributed by atoms with Gasteiger partial charge in [0.1, 0.15) is 24.2 Å². The summed E-state index contributed by atoms with van der Waals surface area (Å²) in [7, 11) is 0. The highest BCUT2D eigenvalue weighted by molar-refractivity contribution is 6.31. The number of fused-ring (bicyclic) bond motifs is 2. The molecule has 1 aliphatic heterocycles. The van der Waals surface area contributed by atoms with E-state index in [1.54, 1.807) is 0 Å². The molecule has 0 unspecified atom stereocenters. The number of ether oxygens (including phenoxy) is 6. The van der Waals surface area contributed by atoms with Crippen LogP contribution in [0.1, 0.15) is 59.5 Å². The molecule has 5 atom stereocenters. The van der Waals surface area contributed by atoms with Crippen LogP contribution in [0.5, 0.6) is 23.0 Å². The van der Waals surface area contributed by atoms with Gasteiger partial charge in [-0.1, -0.05) is 0 Å². The zero-order valence-corrected chi connectivity index (χ0v) is 23.1. The molecular weight excluding hydrogens is 576 g/mol. The molecule has 228 valence electrons. The summed E-state index contributed by atoms with van der Waals surface area (Å²) < 4.78 is 32.6. The first kappa shape index (κ1) is 30.8. The summed E-state index contributed by atoms with van der Waals surface area (Å²) in [6.07, 6.45) is -7.78. The van der Waals surface area contributed by atoms with Gasteiger partial charge in [0, 0.05) is 33.3 Å². The molecule has 3 N–H and O–H groups in total. The predicted octanol–water partition coefficient (Wildman–Crippen LogP) is 1.04. The maximum absolute atomic E-state index is 13.3. The van der Waals surface area contributed by atoms with Crippen molar-refractivity contribution in [3.8, 4) is 23.0 Å². The van der Waals surface area contributed by atoms with Gasteiger partial charge in [-0.2, -0.15) is 0 Å². The van der Waals surface area contributed by atoms with E-state index >= 15 is 0 Å². The van der Waals surface area contributed by atoms with Crippen molar-refractivity contribution in [2.24, 2.45) is 0 Å². The van der Waals surface area contributed by atoms with Crippen LogP contribution in [0.4, 0.5) is 0 Å². The number of phenols is 3. The first-order valence-corrected chi connectivity index (χ1v) is 12.7. The highest BCUT2D eigenvalue weighted by Crippen LogP contribution is 2.44. The summed E-state index contributed by atoms with van der Waals surface area (Å²) in [6.45, 7) is 3.66. The van der Waals surface area contributed by atoms with E-state index in [4.69, 9.17) is 28.4 Å². The van der Waals surface area contributed by atoms with Gasteiger partial charge in [0.05, 0.1) is 16.7 Å². The number of ketones is 2. The minimum absolute atomic E-state index is 0.315. The van der Waals surface area contributed by atoms with Crippen molar-refractivity contribution in [3.63, 3.8) is 0 Å². The number of rotatable bonds is 7. The molecule has 1 fully saturated rings. The molecule has 0 bridgehead atoms. The van der Waals surface area contributed by atoms with Gasteiger partial charge in [0.15, 0.2) is 29.5 Å². The van der Waals surface area contributed by atoms with Crippen LogP contribution < -0.4 is 4.74 Å². The van der Waals surface area contributed by atoms with E-state index < -0.39 is 112 Å². The third-order valence-corrected chi connectivity index (χ3v) is 6.42. The molecule has 2 aromatic carbocycles. The molecule has 15 nitrogen and oxygen atoms in total. The Bertz CT molecular complexity index is 1530. The smallest absolute Gasteiger partial charge is 0.303 e. The monoisotopic (exact) mass is 602 g/mol. The van der Waals surface area contributed by atoms with Crippen LogP contribution >= 0.6 is 0 Å². The average Bonchev–Trinajstić information content (AvgIpc) is 2.91. The molecule has 1 saturated heterocycles. The standard InChI is InChI=1S/C28H26O15/c1-10(29)38-9-18-25(39-11(2)30)26(40-12(3)31)27(41-13(4)32)28(43-18)42-17-8-5-14-19(23(17)36)24(37)21-16(34)7-6-15(33)20(21)22(14)35/h5-8,18,25-28,33-34,36H,9H2,1-4H3/t18-,25-,26+,27-,28-/m1/s1. The Balaban J connectivity index is 1.78. The van der Waals surface area contributed by atoms with E-state index in [0.29, 0.717) is 0 Å². The molecule has 2 aliphatic rings. The zero-order valence-electron chi connectivity index (χ0n) is 23.1. The Kier molecular flexibility index (Phi) is 8.57. The number of esters is 4. The van der Waals surface area contributed by atoms with Gasteiger partial charge in [0.25, 0.3) is 0 Å². The highest BCUT2D eigenvalue weighted by Gasteiger charge is 2.53. The lowest BCUT2D eigenvalue weighted by molar-refractivity contribution is -0.288. The molecule has 0 spiro atoms. The minimum atomic E-state index is -1.75. The third kappa shape index (κ3) is 6.06. The second-order valence-electron chi connectivity index (χ2n) is 9.53. The van der Waals surface area contributed by atoms with E-state index in [9.17, 15) is 44.1 Å². The molecule has 0 aromatic heterocycles. The van der Waals surface area contributed by atoms with Crippen LogP contribution in [0.2, 0.25) is 0 Å². The Morgan fingerprint density at radius 1 is 0.698 bits per heavy atom. The van der Waals surface area contributed by atoms with E-state index in [2.05, 4.69) is 0 Å². The summed E-state index contributed by atoms with van der Waals surface area (Å²) in [5, 5.41) is 31.5. The van der Waals surface area contributed by atoms with Gasteiger partial charge in [-0.15, -0.1) is 0 Å². The largest absolute Gasteiger partial charge is 0.507 e. The predicted molar refractivity (Wildman–Crippen MR) is 137 cm³/mol. The fourth-order valence-corrected chi connectivity index (χ4v) is 4.79. The molecule has 15 heteroatoms. The van der Waals surface area contributed by atoms with E-state index in [0.717, 1.165) is 52.0 Å². The molecule has 1 aliphatic carbocycles. The maximum atomic E-state index is 13.3. The number of aromatic hydroxyl groups is 3. The number of phenolic OH excluding ortho intramolecular Hbond substituents is 3. The molecule has 2 aromatic rings. The highest BCUT2D eigenvalue weighted by atomic mass is 16.7. The van der Waals surface area contributed by atoms with Crippen molar-refractivity contribution in [1.82, 2.24) is 0 Å². The molecule has 0 saturated carbocycles. The zero-order chi connectivity index (χ0) is 31.7. The number of hydrogen-bond acceptors (Lipinski definition) is 15. The van der Waals surface area contributed by atoms with Crippen molar-refractivity contribution < 1.29 is 72.5 Å². The second kappa shape index (κ2) is 12.0. The van der Waals surface area contributed by atoms with Gasteiger partial charge in [-0.25, -0.2) is 0 Å². The number of hydrogen-bond donors (Lipinski definition) is 3. The summed E-state index contributed by atoms with van der Waals surface area (Å²) in [5.41, 5.74) is -1.88. The summed E-state index contributed by atoms with van der Waals surface area (Å²) in [4.78, 5) is 74.0. The Morgan fingerprint density at radius 3 is 1.79 bits per heavy atom. The van der Waals surface area contributed by atoms with Crippen molar-refractivity contribution in [2.75, 3.05) is 6.61 Å². The molecule has 43 heavy (non-hydrogen) atoms. The lowest BCUT2D eigenvalue weighted by Crippen LogP contribution is -2.63. The summed E-state index contributed by atoms with van der Waals surface area (Å²) in [5.74, 6) is -7.79. The summed E-state index contributed by atoms with van der Waals surface area (Å²) >= 11 is 0. The van der Waals surface area contributed by atoms with Gasteiger partial charge in [-0.3, -0.25) is 28.8 Å². The number of benzene rings is 2. The molecule has 1 heterocycles.